The number of hydrogen-bond donors (Lipinski definition) is 1. The molecule has 0 radical (unpaired) electrons. The third-order valence-electron chi connectivity index (χ3n) is 3.65. The van der Waals surface area contributed by atoms with E-state index in [2.05, 4.69) is 26.4 Å². The number of carbonyl (C=O) groups is 2. The quantitative estimate of drug-likeness (QED) is 0.606. The summed E-state index contributed by atoms with van der Waals surface area (Å²) in [5.74, 6) is -1.75. The number of amides is 1. The minimum Gasteiger partial charge on any atom is -0.452 e. The van der Waals surface area contributed by atoms with E-state index in [0.717, 1.165) is 0 Å². The van der Waals surface area contributed by atoms with Crippen molar-refractivity contribution in [3.8, 4) is 11.3 Å². The number of halogens is 2. The topological polar surface area (TPSA) is 81.4 Å². The van der Waals surface area contributed by atoms with Gasteiger partial charge in [-0.3, -0.25) is 4.79 Å². The number of hydrogen-bond acceptors (Lipinski definition) is 5. The number of nitrogens with zero attached hydrogens (tertiary/aromatic N) is 1. The van der Waals surface area contributed by atoms with E-state index < -0.39 is 24.3 Å². The molecule has 0 saturated carbocycles. The minimum absolute atomic E-state index is 0.00891. The molecule has 0 aliphatic heterocycles. The van der Waals surface area contributed by atoms with Crippen LogP contribution in [0.25, 0.3) is 11.3 Å². The Bertz CT molecular complexity index is 989. The SMILES string of the molecule is Cc1onc(-c2ccccc2)c1C(=O)OCC(=O)Nc1ccc(Br)cc1F. The van der Waals surface area contributed by atoms with Crippen LogP contribution >= 0.6 is 15.9 Å². The lowest BCUT2D eigenvalue weighted by Gasteiger charge is -2.08. The molecule has 0 unspecified atom stereocenters. The molecule has 0 saturated heterocycles. The molecule has 6 nitrogen and oxygen atoms in total. The average molecular weight is 433 g/mol. The summed E-state index contributed by atoms with van der Waals surface area (Å²) in [6, 6.07) is 13.2. The summed E-state index contributed by atoms with van der Waals surface area (Å²) in [5, 5.41) is 6.24. The second kappa shape index (κ2) is 8.13. The predicted molar refractivity (Wildman–Crippen MR) is 99.7 cm³/mol. The molecule has 2 aromatic carbocycles. The number of aryl methyl sites for hydroxylation is 1. The molecule has 138 valence electrons. The third-order valence-corrected chi connectivity index (χ3v) is 4.15. The highest BCUT2D eigenvalue weighted by molar-refractivity contribution is 9.10. The van der Waals surface area contributed by atoms with E-state index >= 15 is 0 Å². The fraction of sp³-hybridized carbons (Fsp3) is 0.105. The maximum atomic E-state index is 13.8. The Hall–Kier alpha value is -3.00. The van der Waals surface area contributed by atoms with Gasteiger partial charge in [-0.2, -0.15) is 0 Å². The van der Waals surface area contributed by atoms with Crippen molar-refractivity contribution in [1.82, 2.24) is 5.16 Å². The van der Waals surface area contributed by atoms with Crippen LogP contribution in [0, 0.1) is 12.7 Å². The standard InChI is InChI=1S/C19H14BrFN2O4/c1-11-17(18(23-27-11)12-5-3-2-4-6-12)19(25)26-10-16(24)22-15-8-7-13(20)9-14(15)21/h2-9H,10H2,1H3,(H,22,24). The van der Waals surface area contributed by atoms with Gasteiger partial charge in [0.2, 0.25) is 0 Å². The summed E-state index contributed by atoms with van der Waals surface area (Å²) in [6.07, 6.45) is 0. The lowest BCUT2D eigenvalue weighted by molar-refractivity contribution is -0.119. The van der Waals surface area contributed by atoms with Crippen LogP contribution in [0.5, 0.6) is 0 Å². The number of rotatable bonds is 5. The highest BCUT2D eigenvalue weighted by Gasteiger charge is 2.23. The fourth-order valence-electron chi connectivity index (χ4n) is 2.39. The zero-order valence-corrected chi connectivity index (χ0v) is 15.7. The van der Waals surface area contributed by atoms with E-state index in [9.17, 15) is 14.0 Å². The van der Waals surface area contributed by atoms with Crippen LogP contribution in [-0.4, -0.2) is 23.6 Å². The van der Waals surface area contributed by atoms with Gasteiger partial charge in [0, 0.05) is 10.0 Å². The van der Waals surface area contributed by atoms with E-state index in [1.807, 2.05) is 6.07 Å². The average Bonchev–Trinajstić information content (AvgIpc) is 3.04. The highest BCUT2D eigenvalue weighted by Crippen LogP contribution is 2.25. The van der Waals surface area contributed by atoms with E-state index in [0.29, 0.717) is 15.7 Å². The molecule has 1 heterocycles. The summed E-state index contributed by atoms with van der Waals surface area (Å²) < 4.78 is 24.4. The van der Waals surface area contributed by atoms with Gasteiger partial charge in [-0.25, -0.2) is 9.18 Å². The highest BCUT2D eigenvalue weighted by atomic mass is 79.9. The van der Waals surface area contributed by atoms with Crippen molar-refractivity contribution in [3.05, 3.63) is 70.1 Å². The third kappa shape index (κ3) is 4.40. The number of aromatic nitrogens is 1. The molecule has 0 fully saturated rings. The van der Waals surface area contributed by atoms with Crippen molar-refractivity contribution in [2.75, 3.05) is 11.9 Å². The summed E-state index contributed by atoms with van der Waals surface area (Å²) in [5.41, 5.74) is 1.15. The van der Waals surface area contributed by atoms with Gasteiger partial charge in [0.15, 0.2) is 6.61 Å². The van der Waals surface area contributed by atoms with Crippen LogP contribution in [0.1, 0.15) is 16.1 Å². The van der Waals surface area contributed by atoms with Crippen molar-refractivity contribution in [1.29, 1.82) is 0 Å². The minimum atomic E-state index is -0.751. The van der Waals surface area contributed by atoms with Crippen LogP contribution in [0.3, 0.4) is 0 Å². The Kier molecular flexibility index (Phi) is 5.66. The van der Waals surface area contributed by atoms with Crippen molar-refractivity contribution < 1.29 is 23.2 Å². The molecule has 0 aliphatic rings. The number of nitrogens with one attached hydrogen (secondary N) is 1. The molecular formula is C19H14BrFN2O4. The normalized spacial score (nSPS) is 10.5. The van der Waals surface area contributed by atoms with Gasteiger partial charge in [0.05, 0.1) is 5.69 Å². The van der Waals surface area contributed by atoms with E-state index in [4.69, 9.17) is 9.26 Å². The molecule has 8 heteroatoms. The molecule has 1 aromatic heterocycles. The zero-order valence-electron chi connectivity index (χ0n) is 14.2. The summed E-state index contributed by atoms with van der Waals surface area (Å²) in [6.45, 7) is 1.00. The Balaban J connectivity index is 1.68. The van der Waals surface area contributed by atoms with Crippen LogP contribution in [0.4, 0.5) is 10.1 Å². The van der Waals surface area contributed by atoms with Crippen LogP contribution < -0.4 is 5.32 Å². The summed E-state index contributed by atoms with van der Waals surface area (Å²) in [7, 11) is 0. The Morgan fingerprint density at radius 3 is 2.67 bits per heavy atom. The molecule has 27 heavy (non-hydrogen) atoms. The second-order valence-electron chi connectivity index (χ2n) is 5.58. The van der Waals surface area contributed by atoms with Gasteiger partial charge in [-0.05, 0) is 25.1 Å². The monoisotopic (exact) mass is 432 g/mol. The molecule has 0 bridgehead atoms. The van der Waals surface area contributed by atoms with Crippen molar-refractivity contribution in [3.63, 3.8) is 0 Å². The number of ether oxygens (including phenoxy) is 1. The smallest absolute Gasteiger partial charge is 0.344 e. The Morgan fingerprint density at radius 1 is 1.22 bits per heavy atom. The van der Waals surface area contributed by atoms with Gasteiger partial charge in [-0.1, -0.05) is 51.4 Å². The van der Waals surface area contributed by atoms with Crippen LogP contribution in [0.2, 0.25) is 0 Å². The fourth-order valence-corrected chi connectivity index (χ4v) is 2.72. The maximum absolute atomic E-state index is 13.8. The first-order valence-electron chi connectivity index (χ1n) is 7.89. The number of benzene rings is 2. The molecule has 1 amide bonds. The molecular weight excluding hydrogens is 419 g/mol. The largest absolute Gasteiger partial charge is 0.452 e. The van der Waals surface area contributed by atoms with Crippen molar-refractivity contribution in [2.24, 2.45) is 0 Å². The van der Waals surface area contributed by atoms with Crippen LogP contribution in [-0.2, 0) is 9.53 Å². The first kappa shape index (κ1) is 18.8. The van der Waals surface area contributed by atoms with Gasteiger partial charge in [0.25, 0.3) is 5.91 Å². The Labute approximate surface area is 162 Å². The maximum Gasteiger partial charge on any atom is 0.344 e. The predicted octanol–water partition coefficient (Wildman–Crippen LogP) is 4.35. The molecule has 3 aromatic rings. The van der Waals surface area contributed by atoms with Gasteiger partial charge in [-0.15, -0.1) is 0 Å². The Morgan fingerprint density at radius 2 is 1.96 bits per heavy atom. The lowest BCUT2D eigenvalue weighted by Crippen LogP contribution is -2.21. The van der Waals surface area contributed by atoms with E-state index in [1.165, 1.54) is 12.1 Å². The number of anilines is 1. The van der Waals surface area contributed by atoms with Crippen LogP contribution in [0.15, 0.2) is 57.5 Å². The lowest BCUT2D eigenvalue weighted by atomic mass is 10.1. The zero-order chi connectivity index (χ0) is 19.4. The number of esters is 1. The summed E-state index contributed by atoms with van der Waals surface area (Å²) in [4.78, 5) is 24.4. The first-order chi connectivity index (χ1) is 13.0. The van der Waals surface area contributed by atoms with Gasteiger partial charge in [0.1, 0.15) is 22.8 Å². The van der Waals surface area contributed by atoms with Crippen molar-refractivity contribution >= 4 is 33.5 Å². The van der Waals surface area contributed by atoms with E-state index in [-0.39, 0.29) is 17.0 Å². The molecule has 0 atom stereocenters. The first-order valence-corrected chi connectivity index (χ1v) is 8.68. The molecule has 0 aliphatic carbocycles. The van der Waals surface area contributed by atoms with E-state index in [1.54, 1.807) is 37.3 Å². The van der Waals surface area contributed by atoms with Gasteiger partial charge < -0.3 is 14.6 Å². The van der Waals surface area contributed by atoms with Crippen molar-refractivity contribution in [2.45, 2.75) is 6.92 Å². The molecule has 3 rings (SSSR count). The van der Waals surface area contributed by atoms with Gasteiger partial charge >= 0.3 is 5.97 Å². The second-order valence-corrected chi connectivity index (χ2v) is 6.49. The number of carbonyl (C=O) groups excluding carboxylic acids is 2. The molecule has 0 spiro atoms. The summed E-state index contributed by atoms with van der Waals surface area (Å²) >= 11 is 3.13. The molecule has 1 N–H and O–H groups in total.